The number of aromatic nitrogens is 3. The van der Waals surface area contributed by atoms with Gasteiger partial charge >= 0.3 is 0 Å². The number of ether oxygens (including phenoxy) is 2. The lowest BCUT2D eigenvalue weighted by atomic mass is 10.1. The molecule has 7 nitrogen and oxygen atoms in total. The highest BCUT2D eigenvalue weighted by molar-refractivity contribution is 6.31. The first-order chi connectivity index (χ1) is 15.6. The Kier molecular flexibility index (Phi) is 3.52. The summed E-state index contributed by atoms with van der Waals surface area (Å²) in [5, 5.41) is 3.47. The van der Waals surface area contributed by atoms with E-state index in [2.05, 4.69) is 15.3 Å². The molecule has 3 aliphatic rings. The van der Waals surface area contributed by atoms with Gasteiger partial charge in [-0.15, -0.1) is 0 Å². The number of aromatic amines is 1. The number of nitrogens with zero attached hydrogens (tertiary/aromatic N) is 2. The van der Waals surface area contributed by atoms with Crippen LogP contribution in [0.2, 0.25) is 5.02 Å². The number of anilines is 1. The highest BCUT2D eigenvalue weighted by Crippen LogP contribution is 2.57. The first-order valence-corrected chi connectivity index (χ1v) is 10.7. The molecule has 0 spiro atoms. The Balaban J connectivity index is 1.23. The third-order valence-corrected chi connectivity index (χ3v) is 6.25. The second-order valence-electron chi connectivity index (χ2n) is 8.02. The normalized spacial score (nSPS) is 18.0. The lowest BCUT2D eigenvalue weighted by molar-refractivity contribution is -0.116. The van der Waals surface area contributed by atoms with Gasteiger partial charge in [-0.05, 0) is 48.9 Å². The molecule has 2 aliphatic heterocycles. The standard InChI is InChI=1S/C24H15ClN4O3/c25-11-1-4-15-16(9-11)28-24(27-15)21-20-14-10-12(2-5-17(14)32-22(20)21)31-18-7-8-26-23-13(18)3-6-19(30)29-23/h1-2,4-5,7-10,22H,3,6H2,(H,27,28)(H,26,29,30). The van der Waals surface area contributed by atoms with Crippen molar-refractivity contribution in [2.75, 3.05) is 5.32 Å². The second kappa shape index (κ2) is 6.34. The number of pyridine rings is 1. The summed E-state index contributed by atoms with van der Waals surface area (Å²) >= 11 is 6.10. The molecule has 0 radical (unpaired) electrons. The van der Waals surface area contributed by atoms with Crippen molar-refractivity contribution in [2.45, 2.75) is 18.9 Å². The van der Waals surface area contributed by atoms with Gasteiger partial charge in [0.25, 0.3) is 0 Å². The average Bonchev–Trinajstić information content (AvgIpc) is 3.14. The van der Waals surface area contributed by atoms with E-state index in [9.17, 15) is 4.79 Å². The predicted molar refractivity (Wildman–Crippen MR) is 120 cm³/mol. The third kappa shape index (κ3) is 2.64. The molecule has 4 aromatic rings. The number of hydrogen-bond donors (Lipinski definition) is 2. The number of H-pyrrole nitrogens is 1. The van der Waals surface area contributed by atoms with E-state index in [0.717, 1.165) is 44.9 Å². The largest absolute Gasteiger partial charge is 0.480 e. The molecule has 0 saturated carbocycles. The molecule has 2 N–H and O–H groups in total. The molecule has 1 aliphatic carbocycles. The molecule has 2 aromatic heterocycles. The fraction of sp³-hybridized carbons (Fsp3) is 0.125. The minimum atomic E-state index is -0.0832. The maximum atomic E-state index is 11.7. The molecule has 7 rings (SSSR count). The van der Waals surface area contributed by atoms with Crippen molar-refractivity contribution in [3.8, 4) is 17.2 Å². The van der Waals surface area contributed by atoms with Crippen LogP contribution in [0.1, 0.15) is 23.4 Å². The summed E-state index contributed by atoms with van der Waals surface area (Å²) in [6, 6.07) is 13.2. The Hall–Kier alpha value is -3.84. The van der Waals surface area contributed by atoms with Gasteiger partial charge in [-0.1, -0.05) is 11.6 Å². The Morgan fingerprint density at radius 3 is 2.97 bits per heavy atom. The molecule has 1 atom stereocenters. The smallest absolute Gasteiger partial charge is 0.225 e. The molecule has 1 amide bonds. The maximum Gasteiger partial charge on any atom is 0.225 e. The van der Waals surface area contributed by atoms with E-state index in [4.69, 9.17) is 26.1 Å². The number of rotatable bonds is 3. The van der Waals surface area contributed by atoms with E-state index in [0.29, 0.717) is 35.2 Å². The Bertz CT molecular complexity index is 1510. The van der Waals surface area contributed by atoms with Crippen LogP contribution >= 0.6 is 11.6 Å². The number of benzene rings is 2. The van der Waals surface area contributed by atoms with Gasteiger partial charge in [0.15, 0.2) is 6.10 Å². The molecule has 0 fully saturated rings. The fourth-order valence-corrected chi connectivity index (χ4v) is 4.63. The van der Waals surface area contributed by atoms with Gasteiger partial charge < -0.3 is 19.8 Å². The first-order valence-electron chi connectivity index (χ1n) is 10.3. The molecule has 8 heteroatoms. The summed E-state index contributed by atoms with van der Waals surface area (Å²) in [5.74, 6) is 3.59. The minimum absolute atomic E-state index is 0.0241. The van der Waals surface area contributed by atoms with Gasteiger partial charge in [0, 0.05) is 39.9 Å². The Morgan fingerprint density at radius 2 is 2.03 bits per heavy atom. The molecular weight excluding hydrogens is 428 g/mol. The van der Waals surface area contributed by atoms with Gasteiger partial charge in [0.05, 0.1) is 11.0 Å². The van der Waals surface area contributed by atoms with Gasteiger partial charge in [-0.2, -0.15) is 0 Å². The monoisotopic (exact) mass is 442 g/mol. The van der Waals surface area contributed by atoms with Gasteiger partial charge in [0.2, 0.25) is 5.91 Å². The molecule has 156 valence electrons. The van der Waals surface area contributed by atoms with Crippen LogP contribution in [-0.2, 0) is 11.2 Å². The van der Waals surface area contributed by atoms with Crippen LogP contribution in [0.5, 0.6) is 17.2 Å². The van der Waals surface area contributed by atoms with E-state index >= 15 is 0 Å². The van der Waals surface area contributed by atoms with Crippen LogP contribution in [0.3, 0.4) is 0 Å². The number of fused-ring (bicyclic) bond motifs is 5. The van der Waals surface area contributed by atoms with Crippen molar-refractivity contribution in [2.24, 2.45) is 0 Å². The van der Waals surface area contributed by atoms with E-state index in [1.807, 2.05) is 42.5 Å². The van der Waals surface area contributed by atoms with Gasteiger partial charge in [0.1, 0.15) is 28.9 Å². The van der Waals surface area contributed by atoms with E-state index in [1.54, 1.807) is 6.20 Å². The molecule has 2 aromatic carbocycles. The van der Waals surface area contributed by atoms with Crippen molar-refractivity contribution in [3.05, 3.63) is 70.6 Å². The minimum Gasteiger partial charge on any atom is -0.480 e. The lowest BCUT2D eigenvalue weighted by Crippen LogP contribution is -2.20. The van der Waals surface area contributed by atoms with Crippen molar-refractivity contribution in [1.82, 2.24) is 15.0 Å². The van der Waals surface area contributed by atoms with Crippen LogP contribution in [-0.4, -0.2) is 27.0 Å². The quantitative estimate of drug-likeness (QED) is 0.467. The molecular formula is C24H15ClN4O3. The molecule has 1 unspecified atom stereocenters. The number of carbonyl (C=O) groups excluding carboxylic acids is 1. The number of halogens is 1. The van der Waals surface area contributed by atoms with Crippen LogP contribution in [0, 0.1) is 0 Å². The molecule has 0 saturated heterocycles. The summed E-state index contributed by atoms with van der Waals surface area (Å²) in [5.41, 5.74) is 5.88. The first kappa shape index (κ1) is 17.8. The molecule has 0 bridgehead atoms. The number of carbonyl (C=O) groups is 1. The Labute approximate surface area is 187 Å². The van der Waals surface area contributed by atoms with Crippen molar-refractivity contribution in [3.63, 3.8) is 0 Å². The highest BCUT2D eigenvalue weighted by Gasteiger charge is 2.48. The topological polar surface area (TPSA) is 89.1 Å². The second-order valence-corrected chi connectivity index (χ2v) is 8.45. The fourth-order valence-electron chi connectivity index (χ4n) is 4.46. The Morgan fingerprint density at radius 1 is 1.09 bits per heavy atom. The third-order valence-electron chi connectivity index (χ3n) is 6.02. The van der Waals surface area contributed by atoms with Crippen molar-refractivity contribution >= 4 is 45.5 Å². The van der Waals surface area contributed by atoms with E-state index < -0.39 is 0 Å². The summed E-state index contributed by atoms with van der Waals surface area (Å²) in [6.45, 7) is 0. The molecule has 32 heavy (non-hydrogen) atoms. The predicted octanol–water partition coefficient (Wildman–Crippen LogP) is 4.97. The summed E-state index contributed by atoms with van der Waals surface area (Å²) in [4.78, 5) is 24.0. The highest BCUT2D eigenvalue weighted by atomic mass is 35.5. The zero-order valence-corrected chi connectivity index (χ0v) is 17.4. The van der Waals surface area contributed by atoms with E-state index in [1.165, 1.54) is 0 Å². The average molecular weight is 443 g/mol. The SMILES string of the molecule is O=C1CCc2c(Oc3ccc4c(c3)C3=C(c5nc6ccc(Cl)cc6[nH]5)C3O4)ccnc2N1. The van der Waals surface area contributed by atoms with Crippen LogP contribution in [0.15, 0.2) is 48.7 Å². The van der Waals surface area contributed by atoms with Crippen molar-refractivity contribution < 1.29 is 14.3 Å². The number of hydrogen-bond acceptors (Lipinski definition) is 5. The number of imidazole rings is 1. The van der Waals surface area contributed by atoms with Crippen molar-refractivity contribution in [1.29, 1.82) is 0 Å². The maximum absolute atomic E-state index is 11.7. The van der Waals surface area contributed by atoms with Gasteiger partial charge in [-0.3, -0.25) is 4.79 Å². The summed E-state index contributed by atoms with van der Waals surface area (Å²) < 4.78 is 12.3. The van der Waals surface area contributed by atoms with Crippen LogP contribution in [0.4, 0.5) is 5.82 Å². The summed E-state index contributed by atoms with van der Waals surface area (Å²) in [6.07, 6.45) is 2.58. The number of amides is 1. The van der Waals surface area contributed by atoms with Crippen LogP contribution < -0.4 is 14.8 Å². The number of nitrogens with one attached hydrogen (secondary N) is 2. The van der Waals surface area contributed by atoms with Gasteiger partial charge in [-0.25, -0.2) is 9.97 Å². The van der Waals surface area contributed by atoms with E-state index in [-0.39, 0.29) is 12.0 Å². The van der Waals surface area contributed by atoms with Crippen LogP contribution in [0.25, 0.3) is 22.2 Å². The zero-order valence-electron chi connectivity index (χ0n) is 16.6. The lowest BCUT2D eigenvalue weighted by Gasteiger charge is -2.19. The molecule has 4 heterocycles. The zero-order chi connectivity index (χ0) is 21.4. The summed E-state index contributed by atoms with van der Waals surface area (Å²) in [7, 11) is 0.